The van der Waals surface area contributed by atoms with Crippen molar-refractivity contribution >= 4 is 16.6 Å². The van der Waals surface area contributed by atoms with E-state index in [1.54, 1.807) is 0 Å². The molecule has 0 aliphatic carbocycles. The number of nitrogen functional groups attached to an aromatic ring is 1. The fourth-order valence-electron chi connectivity index (χ4n) is 1.81. The zero-order valence-corrected chi connectivity index (χ0v) is 8.69. The van der Waals surface area contributed by atoms with Gasteiger partial charge in [-0.25, -0.2) is 0 Å². The second kappa shape index (κ2) is 4.36. The molecule has 0 unspecified atom stereocenters. The average molecular weight is 204 g/mol. The highest BCUT2D eigenvalue weighted by Gasteiger charge is 2.00. The number of fused-ring (bicyclic) bond motifs is 1. The number of hydrogen-bond donors (Lipinski definition) is 2. The molecule has 0 aliphatic rings. The first kappa shape index (κ1) is 10.1. The molecule has 2 rings (SSSR count). The van der Waals surface area contributed by atoms with E-state index in [0.29, 0.717) is 0 Å². The Morgan fingerprint density at radius 2 is 2.07 bits per heavy atom. The molecular weight excluding hydrogens is 188 g/mol. The molecule has 0 spiro atoms. The Morgan fingerprint density at radius 3 is 2.87 bits per heavy atom. The van der Waals surface area contributed by atoms with Gasteiger partial charge in [-0.1, -0.05) is 0 Å². The molecule has 0 saturated heterocycles. The second-order valence-electron chi connectivity index (χ2n) is 3.76. The Morgan fingerprint density at radius 1 is 1.20 bits per heavy atom. The molecule has 80 valence electrons. The molecule has 0 saturated carbocycles. The summed E-state index contributed by atoms with van der Waals surface area (Å²) in [4.78, 5) is 0. The average Bonchev–Trinajstić information content (AvgIpc) is 2.61. The number of unbranched alkanes of at least 4 members (excludes halogenated alkanes) is 1. The minimum atomic E-state index is 0.270. The highest BCUT2D eigenvalue weighted by Crippen LogP contribution is 2.19. The number of aromatic nitrogens is 1. The second-order valence-corrected chi connectivity index (χ2v) is 3.76. The Bertz CT molecular complexity index is 448. The molecule has 1 aromatic heterocycles. The van der Waals surface area contributed by atoms with Gasteiger partial charge in [0.25, 0.3) is 0 Å². The van der Waals surface area contributed by atoms with Crippen LogP contribution in [-0.4, -0.2) is 16.3 Å². The van der Waals surface area contributed by atoms with Crippen molar-refractivity contribution < 1.29 is 5.11 Å². The van der Waals surface area contributed by atoms with E-state index in [1.807, 2.05) is 18.2 Å². The van der Waals surface area contributed by atoms with Gasteiger partial charge in [-0.2, -0.15) is 0 Å². The Kier molecular flexibility index (Phi) is 2.92. The first-order chi connectivity index (χ1) is 7.31. The van der Waals surface area contributed by atoms with E-state index in [-0.39, 0.29) is 6.61 Å². The lowest BCUT2D eigenvalue weighted by Gasteiger charge is -2.04. The maximum atomic E-state index is 8.72. The number of hydrogen-bond acceptors (Lipinski definition) is 2. The van der Waals surface area contributed by atoms with Crippen molar-refractivity contribution in [2.24, 2.45) is 0 Å². The Labute approximate surface area is 89.1 Å². The van der Waals surface area contributed by atoms with Gasteiger partial charge in [0.05, 0.1) is 0 Å². The van der Waals surface area contributed by atoms with E-state index in [4.69, 9.17) is 10.8 Å². The van der Waals surface area contributed by atoms with Crippen molar-refractivity contribution in [3.05, 3.63) is 30.5 Å². The number of aliphatic hydroxyl groups is 1. The third-order valence-electron chi connectivity index (χ3n) is 2.60. The van der Waals surface area contributed by atoms with Gasteiger partial charge in [0.2, 0.25) is 0 Å². The van der Waals surface area contributed by atoms with Crippen LogP contribution < -0.4 is 5.73 Å². The topological polar surface area (TPSA) is 51.2 Å². The minimum absolute atomic E-state index is 0.270. The summed E-state index contributed by atoms with van der Waals surface area (Å²) in [5.74, 6) is 0. The first-order valence-electron chi connectivity index (χ1n) is 5.26. The van der Waals surface area contributed by atoms with E-state index in [2.05, 4.69) is 16.8 Å². The van der Waals surface area contributed by atoms with Crippen LogP contribution in [0.5, 0.6) is 0 Å². The van der Waals surface area contributed by atoms with Crippen LogP contribution in [0.4, 0.5) is 5.69 Å². The van der Waals surface area contributed by atoms with Crippen molar-refractivity contribution in [1.29, 1.82) is 0 Å². The molecule has 0 aliphatic heterocycles. The molecule has 1 aromatic carbocycles. The van der Waals surface area contributed by atoms with Crippen LogP contribution in [0.25, 0.3) is 10.9 Å². The number of nitrogens with zero attached hydrogens (tertiary/aromatic N) is 1. The summed E-state index contributed by atoms with van der Waals surface area (Å²) in [6.45, 7) is 1.22. The number of benzene rings is 1. The maximum absolute atomic E-state index is 8.72. The fraction of sp³-hybridized carbons (Fsp3) is 0.333. The molecule has 2 aromatic rings. The van der Waals surface area contributed by atoms with Gasteiger partial charge in [-0.15, -0.1) is 0 Å². The lowest BCUT2D eigenvalue weighted by Crippen LogP contribution is -1.97. The van der Waals surface area contributed by atoms with Crippen LogP contribution in [0.1, 0.15) is 12.8 Å². The number of anilines is 1. The molecule has 3 N–H and O–H groups in total. The molecular formula is C12H16N2O. The monoisotopic (exact) mass is 204 g/mol. The van der Waals surface area contributed by atoms with Crippen LogP contribution in [0.15, 0.2) is 30.5 Å². The van der Waals surface area contributed by atoms with E-state index in [0.717, 1.165) is 25.1 Å². The largest absolute Gasteiger partial charge is 0.399 e. The van der Waals surface area contributed by atoms with Gasteiger partial charge >= 0.3 is 0 Å². The number of aryl methyl sites for hydroxylation is 1. The van der Waals surface area contributed by atoms with Crippen LogP contribution in [-0.2, 0) is 6.54 Å². The summed E-state index contributed by atoms with van der Waals surface area (Å²) in [5, 5.41) is 9.90. The van der Waals surface area contributed by atoms with Crippen LogP contribution in [0, 0.1) is 0 Å². The molecule has 3 nitrogen and oxygen atoms in total. The molecule has 0 bridgehead atoms. The summed E-state index contributed by atoms with van der Waals surface area (Å²) in [6.07, 6.45) is 3.93. The smallest absolute Gasteiger partial charge is 0.0481 e. The molecule has 0 fully saturated rings. The molecule has 0 radical (unpaired) electrons. The SMILES string of the molecule is Nc1ccc2c(ccn2CCCCO)c1. The van der Waals surface area contributed by atoms with Crippen molar-refractivity contribution in [3.8, 4) is 0 Å². The van der Waals surface area contributed by atoms with Gasteiger partial charge in [0, 0.05) is 35.9 Å². The highest BCUT2D eigenvalue weighted by molar-refractivity contribution is 5.83. The van der Waals surface area contributed by atoms with Gasteiger partial charge in [-0.3, -0.25) is 0 Å². The van der Waals surface area contributed by atoms with Crippen LogP contribution >= 0.6 is 0 Å². The van der Waals surface area contributed by atoms with Crippen molar-refractivity contribution in [3.63, 3.8) is 0 Å². The zero-order valence-electron chi connectivity index (χ0n) is 8.69. The summed E-state index contributed by atoms with van der Waals surface area (Å²) in [6, 6.07) is 8.02. The van der Waals surface area contributed by atoms with Crippen molar-refractivity contribution in [2.75, 3.05) is 12.3 Å². The lowest BCUT2D eigenvalue weighted by atomic mass is 10.2. The van der Waals surface area contributed by atoms with Crippen molar-refractivity contribution in [2.45, 2.75) is 19.4 Å². The van der Waals surface area contributed by atoms with Gasteiger partial charge in [0.1, 0.15) is 0 Å². The van der Waals surface area contributed by atoms with Crippen molar-refractivity contribution in [1.82, 2.24) is 4.57 Å². The third-order valence-corrected chi connectivity index (χ3v) is 2.60. The number of nitrogens with two attached hydrogens (primary N) is 1. The summed E-state index contributed by atoms with van der Waals surface area (Å²) in [5.41, 5.74) is 7.72. The van der Waals surface area contributed by atoms with E-state index < -0.39 is 0 Å². The quantitative estimate of drug-likeness (QED) is 0.591. The molecule has 3 heteroatoms. The standard InChI is InChI=1S/C12H16N2O/c13-11-3-4-12-10(9-11)5-7-14(12)6-1-2-8-15/h3-5,7,9,15H,1-2,6,8,13H2. The van der Waals surface area contributed by atoms with Gasteiger partial charge in [0.15, 0.2) is 0 Å². The maximum Gasteiger partial charge on any atom is 0.0481 e. The van der Waals surface area contributed by atoms with Crippen LogP contribution in [0.3, 0.4) is 0 Å². The van der Waals surface area contributed by atoms with Crippen LogP contribution in [0.2, 0.25) is 0 Å². The fourth-order valence-corrected chi connectivity index (χ4v) is 1.81. The lowest BCUT2D eigenvalue weighted by molar-refractivity contribution is 0.281. The summed E-state index contributed by atoms with van der Waals surface area (Å²) >= 11 is 0. The van der Waals surface area contributed by atoms with E-state index >= 15 is 0 Å². The minimum Gasteiger partial charge on any atom is -0.399 e. The molecule has 0 atom stereocenters. The normalized spacial score (nSPS) is 11.0. The summed E-state index contributed by atoms with van der Waals surface area (Å²) < 4.78 is 2.20. The highest BCUT2D eigenvalue weighted by atomic mass is 16.2. The molecule has 1 heterocycles. The molecule has 15 heavy (non-hydrogen) atoms. The Hall–Kier alpha value is -1.48. The summed E-state index contributed by atoms with van der Waals surface area (Å²) in [7, 11) is 0. The number of aliphatic hydroxyl groups excluding tert-OH is 1. The zero-order chi connectivity index (χ0) is 10.7. The third kappa shape index (κ3) is 2.13. The van der Waals surface area contributed by atoms with Gasteiger partial charge in [-0.05, 0) is 37.1 Å². The molecule has 0 amide bonds. The Balaban J connectivity index is 2.21. The predicted octanol–water partition coefficient (Wildman–Crippen LogP) is 2.00. The number of rotatable bonds is 4. The van der Waals surface area contributed by atoms with Gasteiger partial charge < -0.3 is 15.4 Å². The van der Waals surface area contributed by atoms with E-state index in [9.17, 15) is 0 Å². The first-order valence-corrected chi connectivity index (χ1v) is 5.26. The van der Waals surface area contributed by atoms with E-state index in [1.165, 1.54) is 10.9 Å². The predicted molar refractivity (Wildman–Crippen MR) is 62.7 cm³/mol.